The number of carbonyl (C=O) groups excluding carboxylic acids is 3. The monoisotopic (exact) mass is 971 g/mol. The summed E-state index contributed by atoms with van der Waals surface area (Å²) >= 11 is 0. The maximum absolute atomic E-state index is 12.8. The van der Waals surface area contributed by atoms with Crippen molar-refractivity contribution in [2.75, 3.05) is 26.4 Å². The summed E-state index contributed by atoms with van der Waals surface area (Å²) in [6.45, 7) is 4.23. The molecule has 0 radical (unpaired) electrons. The molecule has 0 aliphatic rings. The number of unbranched alkanes of at least 4 members (excludes halogenated alkanes) is 11. The summed E-state index contributed by atoms with van der Waals surface area (Å²) < 4.78 is 39.2. The molecule has 0 aromatic rings. The van der Waals surface area contributed by atoms with Crippen LogP contribution in [0.25, 0.3) is 0 Å². The molecule has 0 amide bonds. The maximum atomic E-state index is 12.8. The van der Waals surface area contributed by atoms with Crippen molar-refractivity contribution in [3.8, 4) is 0 Å². The second kappa shape index (κ2) is 49.6. The highest BCUT2D eigenvalue weighted by molar-refractivity contribution is 7.47. The van der Waals surface area contributed by atoms with E-state index in [2.05, 4.69) is 118 Å². The van der Waals surface area contributed by atoms with Crippen molar-refractivity contribution in [2.45, 2.75) is 200 Å². The van der Waals surface area contributed by atoms with Gasteiger partial charge in [-0.25, -0.2) is 4.57 Å². The van der Waals surface area contributed by atoms with Gasteiger partial charge in [0.05, 0.1) is 19.8 Å². The fourth-order valence-corrected chi connectivity index (χ4v) is 7.12. The number of carbonyl (C=O) groups is 3. The standard InChI is InChI=1S/C56H91O11P/c1-4-7-10-13-16-19-21-23-24-25-26-27-28-30-32-35-38-41-44-47-56(60)67-53(49-63-54(58)45-42-39-36-34-31-29-22-20-17-14-11-8-5-2)51-65-68(61,62)64-50-52(48-57)66-55(59)46-43-40-37-33-18-15-12-9-6-3/h7-8,10-11,16-17,19-20,23-24,26-27,29-32,38,41,52-53,57H,4-6,9,12-15,18,21-22,25,28,33-37,39-40,42-51H2,1-3H3,(H,61,62)/b10-7-,11-8-,19-16-,20-17-,24-23-,27-26-,31-29-,32-30-,41-38-. The molecule has 2 N–H and O–H groups in total. The number of phosphoric ester groups is 1. The number of esters is 3. The van der Waals surface area contributed by atoms with Crippen LogP contribution < -0.4 is 0 Å². The number of phosphoric acid groups is 1. The van der Waals surface area contributed by atoms with E-state index in [1.54, 1.807) is 0 Å². The second-order valence-corrected chi connectivity index (χ2v) is 18.0. The Balaban J connectivity index is 4.92. The van der Waals surface area contributed by atoms with E-state index in [0.717, 1.165) is 89.9 Å². The van der Waals surface area contributed by atoms with E-state index in [0.29, 0.717) is 25.7 Å². The number of aliphatic hydroxyl groups excluding tert-OH is 1. The molecular formula is C56H91O11P. The Bertz CT molecular complexity index is 1550. The lowest BCUT2D eigenvalue weighted by Gasteiger charge is -2.21. The Kier molecular flexibility index (Phi) is 46.7. The lowest BCUT2D eigenvalue weighted by atomic mass is 10.1. The van der Waals surface area contributed by atoms with E-state index in [4.69, 9.17) is 23.3 Å². The van der Waals surface area contributed by atoms with Gasteiger partial charge in [-0.3, -0.25) is 23.4 Å². The molecule has 3 unspecified atom stereocenters. The van der Waals surface area contributed by atoms with Gasteiger partial charge >= 0.3 is 25.7 Å². The largest absolute Gasteiger partial charge is 0.472 e. The molecule has 0 aromatic heterocycles. The zero-order valence-corrected chi connectivity index (χ0v) is 43.2. The van der Waals surface area contributed by atoms with Crippen molar-refractivity contribution in [1.29, 1.82) is 0 Å². The molecule has 0 aromatic carbocycles. The summed E-state index contributed by atoms with van der Waals surface area (Å²) in [5, 5.41) is 9.74. The summed E-state index contributed by atoms with van der Waals surface area (Å²) in [5.41, 5.74) is 0. The third-order valence-corrected chi connectivity index (χ3v) is 11.2. The molecule has 0 aliphatic carbocycles. The van der Waals surface area contributed by atoms with Crippen LogP contribution in [0.5, 0.6) is 0 Å². The number of hydrogen-bond acceptors (Lipinski definition) is 10. The second-order valence-electron chi connectivity index (χ2n) is 16.6. The van der Waals surface area contributed by atoms with Gasteiger partial charge in [-0.1, -0.05) is 188 Å². The minimum atomic E-state index is -4.77. The Morgan fingerprint density at radius 2 is 0.794 bits per heavy atom. The predicted octanol–water partition coefficient (Wildman–Crippen LogP) is 14.7. The van der Waals surface area contributed by atoms with Gasteiger partial charge in [0.1, 0.15) is 12.7 Å². The van der Waals surface area contributed by atoms with E-state index >= 15 is 0 Å². The van der Waals surface area contributed by atoms with E-state index in [1.165, 1.54) is 32.1 Å². The van der Waals surface area contributed by atoms with Crippen LogP contribution >= 0.6 is 7.82 Å². The van der Waals surface area contributed by atoms with Crippen molar-refractivity contribution in [3.63, 3.8) is 0 Å². The van der Waals surface area contributed by atoms with Crippen LogP contribution in [-0.4, -0.2) is 66.5 Å². The Morgan fingerprint density at radius 3 is 1.26 bits per heavy atom. The zero-order chi connectivity index (χ0) is 49.9. The summed E-state index contributed by atoms with van der Waals surface area (Å²) in [6, 6.07) is 0. The summed E-state index contributed by atoms with van der Waals surface area (Å²) in [7, 11) is -4.77. The van der Waals surface area contributed by atoms with Crippen molar-refractivity contribution >= 4 is 25.7 Å². The van der Waals surface area contributed by atoms with Crippen LogP contribution in [0.1, 0.15) is 188 Å². The Morgan fingerprint density at radius 1 is 0.426 bits per heavy atom. The number of allylic oxidation sites excluding steroid dienone is 18. The maximum Gasteiger partial charge on any atom is 0.472 e. The molecule has 0 saturated heterocycles. The number of aliphatic hydroxyl groups is 1. The lowest BCUT2D eigenvalue weighted by Crippen LogP contribution is -2.30. The average molecular weight is 971 g/mol. The van der Waals surface area contributed by atoms with E-state index in [-0.39, 0.29) is 25.9 Å². The van der Waals surface area contributed by atoms with Crippen LogP contribution in [0.3, 0.4) is 0 Å². The third-order valence-electron chi connectivity index (χ3n) is 10.2. The third kappa shape index (κ3) is 47.2. The predicted molar refractivity (Wildman–Crippen MR) is 279 cm³/mol. The molecule has 0 spiro atoms. The first-order chi connectivity index (χ1) is 33.2. The molecule has 0 fully saturated rings. The molecule has 3 atom stereocenters. The van der Waals surface area contributed by atoms with Gasteiger partial charge < -0.3 is 24.2 Å². The van der Waals surface area contributed by atoms with E-state index < -0.39 is 57.8 Å². The number of ether oxygens (including phenoxy) is 3. The fraction of sp³-hybridized carbons (Fsp3) is 0.625. The topological polar surface area (TPSA) is 155 Å². The van der Waals surface area contributed by atoms with Crippen LogP contribution in [0.15, 0.2) is 109 Å². The number of rotatable bonds is 46. The summed E-state index contributed by atoms with van der Waals surface area (Å²) in [4.78, 5) is 48.2. The van der Waals surface area contributed by atoms with Gasteiger partial charge in [0.2, 0.25) is 0 Å². The van der Waals surface area contributed by atoms with Gasteiger partial charge in [0.25, 0.3) is 0 Å². The minimum Gasteiger partial charge on any atom is -0.462 e. The molecule has 0 heterocycles. The van der Waals surface area contributed by atoms with Crippen LogP contribution in [0.4, 0.5) is 0 Å². The molecule has 68 heavy (non-hydrogen) atoms. The van der Waals surface area contributed by atoms with Crippen molar-refractivity contribution in [3.05, 3.63) is 109 Å². The number of hydrogen-bond donors (Lipinski definition) is 2. The van der Waals surface area contributed by atoms with Gasteiger partial charge in [0.15, 0.2) is 6.10 Å². The molecule has 386 valence electrons. The zero-order valence-electron chi connectivity index (χ0n) is 42.3. The molecule has 0 aliphatic heterocycles. The van der Waals surface area contributed by atoms with Crippen LogP contribution in [-0.2, 0) is 42.2 Å². The van der Waals surface area contributed by atoms with Gasteiger partial charge in [0, 0.05) is 19.3 Å². The fourth-order valence-electron chi connectivity index (χ4n) is 6.34. The minimum absolute atomic E-state index is 0.0313. The highest BCUT2D eigenvalue weighted by Gasteiger charge is 2.28. The van der Waals surface area contributed by atoms with E-state index in [1.807, 2.05) is 12.2 Å². The summed E-state index contributed by atoms with van der Waals surface area (Å²) in [5.74, 6) is -1.62. The van der Waals surface area contributed by atoms with Gasteiger partial charge in [-0.2, -0.15) is 0 Å². The Labute approximate surface area is 412 Å². The molecule has 12 heteroatoms. The van der Waals surface area contributed by atoms with Crippen molar-refractivity contribution in [1.82, 2.24) is 0 Å². The first kappa shape index (κ1) is 64.1. The molecular weight excluding hydrogens is 880 g/mol. The first-order valence-corrected chi connectivity index (χ1v) is 27.3. The first-order valence-electron chi connectivity index (χ1n) is 25.8. The van der Waals surface area contributed by atoms with Crippen LogP contribution in [0.2, 0.25) is 0 Å². The lowest BCUT2D eigenvalue weighted by molar-refractivity contribution is -0.161. The van der Waals surface area contributed by atoms with Gasteiger partial charge in [-0.15, -0.1) is 0 Å². The molecule has 0 rings (SSSR count). The average Bonchev–Trinajstić information content (AvgIpc) is 3.32. The van der Waals surface area contributed by atoms with Crippen LogP contribution in [0, 0.1) is 0 Å². The smallest absolute Gasteiger partial charge is 0.462 e. The Hall–Kier alpha value is -3.86. The van der Waals surface area contributed by atoms with E-state index in [9.17, 15) is 28.9 Å². The highest BCUT2D eigenvalue weighted by atomic mass is 31.2. The SMILES string of the molecule is CC/C=C\C/C=C\C/C=C\C/C=C\C/C=C\C/C=C\CCC(=O)OC(COC(=O)CCCCC/C=C\C/C=C\C/C=C\CC)COP(=O)(O)OCC(CO)OC(=O)CCCCCCCCCCC. The van der Waals surface area contributed by atoms with Gasteiger partial charge in [-0.05, 0) is 89.9 Å². The quantitative estimate of drug-likeness (QED) is 0.0197. The highest BCUT2D eigenvalue weighted by Crippen LogP contribution is 2.43. The normalized spacial score (nSPS) is 14.4. The molecule has 11 nitrogen and oxygen atoms in total. The molecule has 0 bridgehead atoms. The van der Waals surface area contributed by atoms with Crippen molar-refractivity contribution in [2.24, 2.45) is 0 Å². The van der Waals surface area contributed by atoms with Crippen molar-refractivity contribution < 1.29 is 52.2 Å². The molecule has 0 saturated carbocycles. The summed E-state index contributed by atoms with van der Waals surface area (Å²) in [6.07, 6.45) is 58.0.